The van der Waals surface area contributed by atoms with Crippen LogP contribution in [-0.2, 0) is 4.79 Å². The summed E-state index contributed by atoms with van der Waals surface area (Å²) in [5.41, 5.74) is 8.92. The Morgan fingerprint density at radius 2 is 2.24 bits per heavy atom. The molecule has 1 amide bonds. The zero-order valence-electron chi connectivity index (χ0n) is 12.5. The molecule has 0 saturated carbocycles. The number of anilines is 2. The lowest BCUT2D eigenvalue weighted by molar-refractivity contribution is -0.118. The number of rotatable bonds is 3. The highest BCUT2D eigenvalue weighted by Crippen LogP contribution is 2.37. The van der Waals surface area contributed by atoms with Crippen molar-refractivity contribution in [3.63, 3.8) is 0 Å². The van der Waals surface area contributed by atoms with Gasteiger partial charge in [-0.15, -0.1) is 0 Å². The number of amides is 1. The van der Waals surface area contributed by atoms with E-state index in [9.17, 15) is 4.79 Å². The zero-order chi connectivity index (χ0) is 15.0. The number of carbonyl (C=O) groups excluding carboxylic acids is 1. The number of nitrogens with zero attached hydrogens (tertiary/aromatic N) is 2. The third-order valence-corrected chi connectivity index (χ3v) is 4.73. The molecule has 0 aromatic heterocycles. The van der Waals surface area contributed by atoms with Crippen molar-refractivity contribution >= 4 is 17.3 Å². The zero-order valence-corrected chi connectivity index (χ0v) is 12.5. The molecule has 2 unspecified atom stereocenters. The minimum Gasteiger partial charge on any atom is -0.396 e. The van der Waals surface area contributed by atoms with E-state index in [1.807, 2.05) is 6.07 Å². The van der Waals surface area contributed by atoms with Crippen LogP contribution in [0.15, 0.2) is 18.2 Å². The Morgan fingerprint density at radius 1 is 1.43 bits per heavy atom. The summed E-state index contributed by atoms with van der Waals surface area (Å²) in [6, 6.07) is 5.59. The fourth-order valence-electron chi connectivity index (χ4n) is 3.46. The Labute approximate surface area is 125 Å². The van der Waals surface area contributed by atoms with Crippen LogP contribution in [0.5, 0.6) is 0 Å². The van der Waals surface area contributed by atoms with Gasteiger partial charge in [0.25, 0.3) is 0 Å². The van der Waals surface area contributed by atoms with Crippen molar-refractivity contribution in [1.82, 2.24) is 0 Å². The van der Waals surface area contributed by atoms with Crippen molar-refractivity contribution in [1.29, 1.82) is 0 Å². The Morgan fingerprint density at radius 3 is 3.00 bits per heavy atom. The number of nitrogens with two attached hydrogens (primary N) is 1. The van der Waals surface area contributed by atoms with E-state index < -0.39 is 6.04 Å². The molecule has 1 aromatic rings. The fourth-order valence-corrected chi connectivity index (χ4v) is 3.46. The summed E-state index contributed by atoms with van der Waals surface area (Å²) in [5, 5.41) is 9.12. The molecular formula is C16H23N3O2. The number of aliphatic hydroxyl groups is 1. The van der Waals surface area contributed by atoms with Gasteiger partial charge in [-0.1, -0.05) is 6.07 Å². The van der Waals surface area contributed by atoms with Gasteiger partial charge in [0.1, 0.15) is 6.04 Å². The molecule has 1 saturated heterocycles. The highest BCUT2D eigenvalue weighted by Gasteiger charge is 2.33. The van der Waals surface area contributed by atoms with E-state index >= 15 is 0 Å². The molecule has 0 bridgehead atoms. The molecule has 0 radical (unpaired) electrons. The molecule has 3 rings (SSSR count). The van der Waals surface area contributed by atoms with Gasteiger partial charge in [0, 0.05) is 38.0 Å². The van der Waals surface area contributed by atoms with Crippen LogP contribution in [0.3, 0.4) is 0 Å². The summed E-state index contributed by atoms with van der Waals surface area (Å²) < 4.78 is 0. The lowest BCUT2D eigenvalue weighted by atomic mass is 9.94. The number of carbonyl (C=O) groups is 1. The van der Waals surface area contributed by atoms with Crippen molar-refractivity contribution in [2.75, 3.05) is 36.5 Å². The molecule has 2 heterocycles. The second-order valence-corrected chi connectivity index (χ2v) is 6.08. The largest absolute Gasteiger partial charge is 0.396 e. The van der Waals surface area contributed by atoms with E-state index in [-0.39, 0.29) is 12.5 Å². The first-order valence-electron chi connectivity index (χ1n) is 7.64. The number of hydrogen-bond donors (Lipinski definition) is 2. The quantitative estimate of drug-likeness (QED) is 0.879. The van der Waals surface area contributed by atoms with E-state index in [0.717, 1.165) is 42.9 Å². The fraction of sp³-hybridized carbons (Fsp3) is 0.562. The van der Waals surface area contributed by atoms with Gasteiger partial charge in [0.05, 0.1) is 5.69 Å². The average molecular weight is 289 g/mol. The van der Waals surface area contributed by atoms with Crippen LogP contribution in [0.4, 0.5) is 11.4 Å². The Balaban J connectivity index is 1.83. The highest BCUT2D eigenvalue weighted by atomic mass is 16.3. The molecule has 5 nitrogen and oxygen atoms in total. The first-order valence-corrected chi connectivity index (χ1v) is 7.64. The summed E-state index contributed by atoms with van der Waals surface area (Å²) >= 11 is 0. The van der Waals surface area contributed by atoms with Gasteiger partial charge in [-0.05, 0) is 37.3 Å². The molecule has 21 heavy (non-hydrogen) atoms. The van der Waals surface area contributed by atoms with Gasteiger partial charge < -0.3 is 20.6 Å². The normalized spacial score (nSPS) is 25.4. The van der Waals surface area contributed by atoms with Crippen LogP contribution in [0.2, 0.25) is 0 Å². The second kappa shape index (κ2) is 5.66. The lowest BCUT2D eigenvalue weighted by Gasteiger charge is -2.34. The number of aliphatic hydroxyl groups excluding tert-OH is 1. The molecule has 1 aromatic carbocycles. The molecule has 1 fully saturated rings. The van der Waals surface area contributed by atoms with E-state index in [4.69, 9.17) is 10.8 Å². The standard InChI is InChI=1S/C16H23N3O2/c1-18-14-9-12(4-5-13(14)15(17)16(18)21)19-7-2-3-11(10-19)6-8-20/h4-5,9,11,15,20H,2-3,6-8,10,17H2,1H3. The number of hydrogen-bond acceptors (Lipinski definition) is 4. The Bertz CT molecular complexity index is 544. The monoisotopic (exact) mass is 289 g/mol. The van der Waals surface area contributed by atoms with Crippen LogP contribution < -0.4 is 15.5 Å². The molecule has 2 aliphatic rings. The van der Waals surface area contributed by atoms with Crippen LogP contribution in [0, 0.1) is 5.92 Å². The third kappa shape index (κ3) is 2.51. The smallest absolute Gasteiger partial charge is 0.248 e. The number of piperidine rings is 1. The molecule has 0 aliphatic carbocycles. The second-order valence-electron chi connectivity index (χ2n) is 6.08. The summed E-state index contributed by atoms with van der Waals surface area (Å²) in [4.78, 5) is 16.0. The van der Waals surface area contributed by atoms with Crippen LogP contribution in [0.25, 0.3) is 0 Å². The van der Waals surface area contributed by atoms with E-state index in [1.165, 1.54) is 6.42 Å². The Hall–Kier alpha value is -1.59. The number of likely N-dealkylation sites (N-methyl/N-ethyl adjacent to an activating group) is 1. The van der Waals surface area contributed by atoms with Crippen molar-refractivity contribution < 1.29 is 9.90 Å². The third-order valence-electron chi connectivity index (χ3n) is 4.73. The first-order chi connectivity index (χ1) is 10.1. The minimum atomic E-state index is -0.525. The summed E-state index contributed by atoms with van der Waals surface area (Å²) in [6.45, 7) is 2.27. The molecule has 2 atom stereocenters. The summed E-state index contributed by atoms with van der Waals surface area (Å²) in [6.07, 6.45) is 3.20. The van der Waals surface area contributed by atoms with Crippen molar-refractivity contribution in [3.05, 3.63) is 23.8 Å². The maximum atomic E-state index is 11.9. The van der Waals surface area contributed by atoms with Gasteiger partial charge >= 0.3 is 0 Å². The van der Waals surface area contributed by atoms with Gasteiger partial charge in [-0.3, -0.25) is 4.79 Å². The molecular weight excluding hydrogens is 266 g/mol. The number of benzene rings is 1. The highest BCUT2D eigenvalue weighted by molar-refractivity contribution is 6.04. The van der Waals surface area contributed by atoms with E-state index in [2.05, 4.69) is 17.0 Å². The van der Waals surface area contributed by atoms with Crippen LogP contribution >= 0.6 is 0 Å². The van der Waals surface area contributed by atoms with E-state index in [0.29, 0.717) is 5.92 Å². The number of fused-ring (bicyclic) bond motifs is 1. The SMILES string of the molecule is CN1C(=O)C(N)c2ccc(N3CCCC(CCO)C3)cc21. The van der Waals surface area contributed by atoms with Crippen molar-refractivity contribution in [2.45, 2.75) is 25.3 Å². The molecule has 3 N–H and O–H groups in total. The molecule has 114 valence electrons. The van der Waals surface area contributed by atoms with E-state index in [1.54, 1.807) is 11.9 Å². The van der Waals surface area contributed by atoms with Crippen molar-refractivity contribution in [3.8, 4) is 0 Å². The van der Waals surface area contributed by atoms with Gasteiger partial charge in [0.15, 0.2) is 0 Å². The Kier molecular flexibility index (Phi) is 3.87. The van der Waals surface area contributed by atoms with Gasteiger partial charge in [0.2, 0.25) is 5.91 Å². The van der Waals surface area contributed by atoms with Gasteiger partial charge in [-0.2, -0.15) is 0 Å². The topological polar surface area (TPSA) is 69.8 Å². The molecule has 0 spiro atoms. The first kappa shape index (κ1) is 14.4. The molecule has 2 aliphatic heterocycles. The van der Waals surface area contributed by atoms with Crippen LogP contribution in [0.1, 0.15) is 30.9 Å². The maximum Gasteiger partial charge on any atom is 0.248 e. The van der Waals surface area contributed by atoms with Crippen molar-refractivity contribution in [2.24, 2.45) is 11.7 Å². The summed E-state index contributed by atoms with van der Waals surface area (Å²) in [7, 11) is 1.78. The lowest BCUT2D eigenvalue weighted by Crippen LogP contribution is -2.35. The van der Waals surface area contributed by atoms with Crippen LogP contribution in [-0.4, -0.2) is 37.8 Å². The molecule has 5 heteroatoms. The van der Waals surface area contributed by atoms with Gasteiger partial charge in [-0.25, -0.2) is 0 Å². The predicted octanol–water partition coefficient (Wildman–Crippen LogP) is 1.26. The summed E-state index contributed by atoms with van der Waals surface area (Å²) in [5.74, 6) is 0.512. The predicted molar refractivity (Wildman–Crippen MR) is 83.4 cm³/mol. The maximum absolute atomic E-state index is 11.9. The average Bonchev–Trinajstić information content (AvgIpc) is 2.72. The minimum absolute atomic E-state index is 0.0426.